The highest BCUT2D eigenvalue weighted by molar-refractivity contribution is 7.15. The summed E-state index contributed by atoms with van der Waals surface area (Å²) in [6, 6.07) is 2.09. The van der Waals surface area contributed by atoms with Gasteiger partial charge in [0.25, 0.3) is 0 Å². The molecule has 0 aliphatic rings. The minimum Gasteiger partial charge on any atom is -0.389 e. The van der Waals surface area contributed by atoms with E-state index in [1.54, 1.807) is 22.7 Å². The van der Waals surface area contributed by atoms with Gasteiger partial charge < -0.3 is 5.11 Å². The summed E-state index contributed by atoms with van der Waals surface area (Å²) >= 11 is 3.41. The summed E-state index contributed by atoms with van der Waals surface area (Å²) in [7, 11) is 2.02. The van der Waals surface area contributed by atoms with Crippen LogP contribution in [0.3, 0.4) is 0 Å². The Morgan fingerprint density at radius 3 is 2.83 bits per heavy atom. The molecule has 0 fully saturated rings. The number of hydrogen-bond acceptors (Lipinski definition) is 5. The molecular weight excluding hydrogens is 264 g/mol. The minimum atomic E-state index is -0.657. The molecule has 3 nitrogen and oxygen atoms in total. The molecule has 0 atom stereocenters. The second kappa shape index (κ2) is 5.48. The summed E-state index contributed by atoms with van der Waals surface area (Å²) in [6.07, 6.45) is 1.93. The highest BCUT2D eigenvalue weighted by Gasteiger charge is 2.16. The van der Waals surface area contributed by atoms with Gasteiger partial charge in [-0.25, -0.2) is 4.98 Å². The number of aliphatic hydroxyl groups is 1. The van der Waals surface area contributed by atoms with Crippen molar-refractivity contribution in [2.24, 2.45) is 0 Å². The predicted molar refractivity (Wildman–Crippen MR) is 78.1 cm³/mol. The average Bonchev–Trinajstić information content (AvgIpc) is 2.82. The van der Waals surface area contributed by atoms with E-state index in [1.165, 1.54) is 10.4 Å². The van der Waals surface area contributed by atoms with Gasteiger partial charge in [-0.2, -0.15) is 11.3 Å². The first-order chi connectivity index (χ1) is 8.44. The molecule has 2 aromatic heterocycles. The predicted octanol–water partition coefficient (Wildman–Crippen LogP) is 3.07. The largest absolute Gasteiger partial charge is 0.389 e. The van der Waals surface area contributed by atoms with Crippen LogP contribution in [-0.2, 0) is 6.54 Å². The Morgan fingerprint density at radius 2 is 2.22 bits per heavy atom. The molecule has 0 saturated heterocycles. The molecule has 18 heavy (non-hydrogen) atoms. The van der Waals surface area contributed by atoms with E-state index in [-0.39, 0.29) is 0 Å². The summed E-state index contributed by atoms with van der Waals surface area (Å²) in [5.74, 6) is 0. The fourth-order valence-corrected chi connectivity index (χ4v) is 3.59. The Kier molecular flexibility index (Phi) is 4.17. The van der Waals surface area contributed by atoms with Gasteiger partial charge in [0.2, 0.25) is 0 Å². The van der Waals surface area contributed by atoms with Gasteiger partial charge in [0, 0.05) is 35.1 Å². The van der Waals surface area contributed by atoms with Gasteiger partial charge >= 0.3 is 0 Å². The number of thiazole rings is 1. The van der Waals surface area contributed by atoms with Crippen molar-refractivity contribution in [1.82, 2.24) is 9.88 Å². The van der Waals surface area contributed by atoms with Crippen LogP contribution in [0.2, 0.25) is 0 Å². The van der Waals surface area contributed by atoms with Crippen molar-refractivity contribution in [3.8, 4) is 10.6 Å². The van der Waals surface area contributed by atoms with E-state index in [0.29, 0.717) is 6.54 Å². The zero-order chi connectivity index (χ0) is 13.2. The topological polar surface area (TPSA) is 36.4 Å². The van der Waals surface area contributed by atoms with Gasteiger partial charge in [0.1, 0.15) is 5.01 Å². The molecule has 0 aliphatic carbocycles. The molecule has 0 spiro atoms. The van der Waals surface area contributed by atoms with Crippen LogP contribution in [0, 0.1) is 0 Å². The number of thiophene rings is 1. The Hall–Kier alpha value is -0.750. The molecule has 2 rings (SSSR count). The van der Waals surface area contributed by atoms with E-state index >= 15 is 0 Å². The van der Waals surface area contributed by atoms with Crippen molar-refractivity contribution in [3.05, 3.63) is 27.9 Å². The molecule has 0 aliphatic heterocycles. The molecule has 98 valence electrons. The number of hydrogen-bond donors (Lipinski definition) is 1. The standard InChI is InChI=1S/C13H18N2OS2/c1-13(2,16)9-15(3)7-11-6-14-12(18-11)10-4-5-17-8-10/h4-6,8,16H,7,9H2,1-3H3. The van der Waals surface area contributed by atoms with E-state index in [1.807, 2.05) is 27.1 Å². The molecule has 0 saturated carbocycles. The van der Waals surface area contributed by atoms with Gasteiger partial charge in [0.15, 0.2) is 0 Å². The van der Waals surface area contributed by atoms with Crippen molar-refractivity contribution in [2.75, 3.05) is 13.6 Å². The Morgan fingerprint density at radius 1 is 1.44 bits per heavy atom. The van der Waals surface area contributed by atoms with Crippen LogP contribution >= 0.6 is 22.7 Å². The Balaban J connectivity index is 1.99. The fourth-order valence-electron chi connectivity index (χ4n) is 1.88. The SMILES string of the molecule is CN(Cc1cnc(-c2ccsc2)s1)CC(C)(C)O. The lowest BCUT2D eigenvalue weighted by Crippen LogP contribution is -2.35. The molecule has 0 unspecified atom stereocenters. The van der Waals surface area contributed by atoms with Crippen LogP contribution in [0.25, 0.3) is 10.6 Å². The van der Waals surface area contributed by atoms with E-state index in [0.717, 1.165) is 11.6 Å². The normalized spacial score (nSPS) is 12.3. The van der Waals surface area contributed by atoms with Gasteiger partial charge in [-0.15, -0.1) is 11.3 Å². The van der Waals surface area contributed by atoms with Crippen LogP contribution in [0.15, 0.2) is 23.0 Å². The van der Waals surface area contributed by atoms with Gasteiger partial charge in [-0.3, -0.25) is 4.90 Å². The first kappa shape index (κ1) is 13.7. The third-order valence-electron chi connectivity index (χ3n) is 2.40. The van der Waals surface area contributed by atoms with Gasteiger partial charge in [0.05, 0.1) is 5.60 Å². The van der Waals surface area contributed by atoms with Crippen molar-refractivity contribution >= 4 is 22.7 Å². The second-order valence-electron chi connectivity index (χ2n) is 5.13. The summed E-state index contributed by atoms with van der Waals surface area (Å²) in [4.78, 5) is 7.79. The van der Waals surface area contributed by atoms with Crippen LogP contribution in [0.1, 0.15) is 18.7 Å². The number of aromatic nitrogens is 1. The highest BCUT2D eigenvalue weighted by Crippen LogP contribution is 2.27. The van der Waals surface area contributed by atoms with Crippen molar-refractivity contribution in [3.63, 3.8) is 0 Å². The fraction of sp³-hybridized carbons (Fsp3) is 0.462. The zero-order valence-electron chi connectivity index (χ0n) is 10.9. The molecule has 2 aromatic rings. The van der Waals surface area contributed by atoms with Crippen LogP contribution in [-0.4, -0.2) is 34.2 Å². The first-order valence-electron chi connectivity index (χ1n) is 5.82. The molecular formula is C13H18N2OS2. The lowest BCUT2D eigenvalue weighted by molar-refractivity contribution is 0.0427. The lowest BCUT2D eigenvalue weighted by Gasteiger charge is -2.24. The third-order valence-corrected chi connectivity index (χ3v) is 4.12. The zero-order valence-corrected chi connectivity index (χ0v) is 12.5. The number of nitrogens with zero attached hydrogens (tertiary/aromatic N) is 2. The van der Waals surface area contributed by atoms with E-state index in [9.17, 15) is 5.11 Å². The summed E-state index contributed by atoms with van der Waals surface area (Å²) in [6.45, 7) is 5.13. The van der Waals surface area contributed by atoms with Crippen molar-refractivity contribution in [2.45, 2.75) is 26.0 Å². The summed E-state index contributed by atoms with van der Waals surface area (Å²) in [5, 5.41) is 15.0. The molecule has 2 heterocycles. The molecule has 0 amide bonds. The van der Waals surface area contributed by atoms with Gasteiger partial charge in [-0.05, 0) is 32.3 Å². The van der Waals surface area contributed by atoms with Crippen LogP contribution < -0.4 is 0 Å². The molecule has 0 bridgehead atoms. The Labute approximate surface area is 116 Å². The smallest absolute Gasteiger partial charge is 0.124 e. The molecule has 5 heteroatoms. The van der Waals surface area contributed by atoms with E-state index in [2.05, 4.69) is 26.7 Å². The maximum Gasteiger partial charge on any atom is 0.124 e. The molecule has 1 N–H and O–H groups in total. The maximum atomic E-state index is 9.77. The highest BCUT2D eigenvalue weighted by atomic mass is 32.1. The summed E-state index contributed by atoms with van der Waals surface area (Å²) < 4.78 is 0. The number of likely N-dealkylation sites (N-methyl/N-ethyl adjacent to an activating group) is 1. The summed E-state index contributed by atoms with van der Waals surface area (Å²) in [5.41, 5.74) is 0.539. The first-order valence-corrected chi connectivity index (χ1v) is 7.58. The lowest BCUT2D eigenvalue weighted by atomic mass is 10.1. The molecule has 0 aromatic carbocycles. The average molecular weight is 282 g/mol. The monoisotopic (exact) mass is 282 g/mol. The second-order valence-corrected chi connectivity index (χ2v) is 7.02. The van der Waals surface area contributed by atoms with Crippen molar-refractivity contribution in [1.29, 1.82) is 0 Å². The quantitative estimate of drug-likeness (QED) is 0.915. The maximum absolute atomic E-state index is 9.77. The Bertz CT molecular complexity index is 485. The third kappa shape index (κ3) is 3.88. The van der Waals surface area contributed by atoms with E-state index < -0.39 is 5.60 Å². The van der Waals surface area contributed by atoms with Crippen LogP contribution in [0.4, 0.5) is 0 Å². The minimum absolute atomic E-state index is 0.651. The van der Waals surface area contributed by atoms with E-state index in [4.69, 9.17) is 0 Å². The number of rotatable bonds is 5. The van der Waals surface area contributed by atoms with Gasteiger partial charge in [-0.1, -0.05) is 0 Å². The molecule has 0 radical (unpaired) electrons. The van der Waals surface area contributed by atoms with Crippen molar-refractivity contribution < 1.29 is 5.11 Å². The van der Waals surface area contributed by atoms with Crippen LogP contribution in [0.5, 0.6) is 0 Å².